The maximum atomic E-state index is 11.0. The Hall–Kier alpha value is -1.46. The number of benzene rings is 2. The molecule has 0 unspecified atom stereocenters. The monoisotopic (exact) mass is 406 g/mol. The second kappa shape index (κ2) is 8.58. The first-order valence-electron chi connectivity index (χ1n) is 6.63. The Kier molecular flexibility index (Phi) is 6.75. The van der Waals surface area contributed by atoms with Gasteiger partial charge in [-0.05, 0) is 59.6 Å². The van der Waals surface area contributed by atoms with Crippen molar-refractivity contribution in [3.8, 4) is 11.5 Å². The Morgan fingerprint density at radius 2 is 1.12 bits per heavy atom. The molecule has 24 heavy (non-hydrogen) atoms. The number of halogens is 4. The minimum Gasteiger partial charge on any atom is -0.488 e. The van der Waals surface area contributed by atoms with Gasteiger partial charge in [-0.1, -0.05) is 23.2 Å². The molecule has 0 spiro atoms. The maximum absolute atomic E-state index is 11.0. The second-order valence-electron chi connectivity index (χ2n) is 4.53. The van der Waals surface area contributed by atoms with E-state index in [1.54, 1.807) is 12.1 Å². The molecule has 2 rings (SSSR count). The van der Waals surface area contributed by atoms with Gasteiger partial charge in [-0.2, -0.15) is 0 Å². The highest BCUT2D eigenvalue weighted by atomic mass is 35.5. The average molecular weight is 408 g/mol. The first kappa shape index (κ1) is 18.9. The van der Waals surface area contributed by atoms with E-state index in [0.29, 0.717) is 11.5 Å². The van der Waals surface area contributed by atoms with Crippen LogP contribution >= 0.6 is 46.4 Å². The van der Waals surface area contributed by atoms with E-state index in [1.165, 1.54) is 24.3 Å². The molecular formula is C16H10Cl4O4. The molecule has 0 aliphatic heterocycles. The molecule has 0 saturated heterocycles. The van der Waals surface area contributed by atoms with E-state index in [2.05, 4.69) is 0 Å². The lowest BCUT2D eigenvalue weighted by Crippen LogP contribution is -2.09. The SMILES string of the molecule is O=C(Cl)c1ccc(OCCOc2ccc(C(=O)Cl)cc2Cl)c(Cl)c1. The molecule has 2 aromatic carbocycles. The summed E-state index contributed by atoms with van der Waals surface area (Å²) in [5.74, 6) is 0.798. The molecule has 0 aliphatic rings. The van der Waals surface area contributed by atoms with Crippen molar-refractivity contribution in [2.45, 2.75) is 0 Å². The minimum absolute atomic E-state index is 0.195. The molecule has 0 atom stereocenters. The highest BCUT2D eigenvalue weighted by Gasteiger charge is 2.09. The molecule has 0 radical (unpaired) electrons. The zero-order chi connectivity index (χ0) is 17.7. The molecular weight excluding hydrogens is 398 g/mol. The van der Waals surface area contributed by atoms with Gasteiger partial charge in [-0.3, -0.25) is 9.59 Å². The first-order chi connectivity index (χ1) is 11.4. The molecule has 4 nitrogen and oxygen atoms in total. The van der Waals surface area contributed by atoms with E-state index in [9.17, 15) is 9.59 Å². The van der Waals surface area contributed by atoms with Crippen LogP contribution in [0.2, 0.25) is 10.0 Å². The van der Waals surface area contributed by atoms with Gasteiger partial charge in [0.2, 0.25) is 0 Å². The molecule has 0 amide bonds. The van der Waals surface area contributed by atoms with Gasteiger partial charge < -0.3 is 9.47 Å². The minimum atomic E-state index is -0.597. The fraction of sp³-hybridized carbons (Fsp3) is 0.125. The van der Waals surface area contributed by atoms with Crippen molar-refractivity contribution >= 4 is 56.9 Å². The average Bonchev–Trinajstić information content (AvgIpc) is 2.53. The lowest BCUT2D eigenvalue weighted by molar-refractivity contribution is 0.107. The van der Waals surface area contributed by atoms with Crippen LogP contribution in [0, 0.1) is 0 Å². The summed E-state index contributed by atoms with van der Waals surface area (Å²) < 4.78 is 10.9. The summed E-state index contributed by atoms with van der Waals surface area (Å²) in [5.41, 5.74) is 0.567. The number of ether oxygens (including phenoxy) is 2. The summed E-state index contributed by atoms with van der Waals surface area (Å²) in [6, 6.07) is 8.96. The van der Waals surface area contributed by atoms with Crippen molar-refractivity contribution in [3.63, 3.8) is 0 Å². The molecule has 0 aromatic heterocycles. The summed E-state index contributed by atoms with van der Waals surface area (Å²) in [4.78, 5) is 22.1. The van der Waals surface area contributed by atoms with Gasteiger partial charge in [0.25, 0.3) is 10.5 Å². The zero-order valence-corrected chi connectivity index (χ0v) is 15.0. The molecule has 0 saturated carbocycles. The Balaban J connectivity index is 1.89. The van der Waals surface area contributed by atoms with Crippen LogP contribution in [0.15, 0.2) is 36.4 Å². The quantitative estimate of drug-likeness (QED) is 0.467. The molecule has 0 fully saturated rings. The number of carbonyl (C=O) groups excluding carboxylic acids is 2. The molecule has 0 heterocycles. The topological polar surface area (TPSA) is 52.6 Å². The van der Waals surface area contributed by atoms with Crippen LogP contribution in [-0.4, -0.2) is 23.7 Å². The van der Waals surface area contributed by atoms with Crippen LogP contribution in [0.4, 0.5) is 0 Å². The largest absolute Gasteiger partial charge is 0.488 e. The van der Waals surface area contributed by atoms with Gasteiger partial charge in [0.05, 0.1) is 10.0 Å². The van der Waals surface area contributed by atoms with Crippen LogP contribution in [0.5, 0.6) is 11.5 Å². The van der Waals surface area contributed by atoms with E-state index in [0.717, 1.165) is 0 Å². The van der Waals surface area contributed by atoms with Crippen molar-refractivity contribution in [2.24, 2.45) is 0 Å². The number of hydrogen-bond acceptors (Lipinski definition) is 4. The van der Waals surface area contributed by atoms with Gasteiger partial charge in [0.15, 0.2) is 0 Å². The Bertz CT molecular complexity index is 711. The molecule has 8 heteroatoms. The summed E-state index contributed by atoms with van der Waals surface area (Å²) >= 11 is 22.7. The highest BCUT2D eigenvalue weighted by Crippen LogP contribution is 2.27. The highest BCUT2D eigenvalue weighted by molar-refractivity contribution is 6.68. The van der Waals surface area contributed by atoms with E-state index in [1.807, 2.05) is 0 Å². The molecule has 126 valence electrons. The fourth-order valence-corrected chi connectivity index (χ4v) is 2.49. The molecule has 0 N–H and O–H groups in total. The predicted octanol–water partition coefficient (Wildman–Crippen LogP) is 5.21. The smallest absolute Gasteiger partial charge is 0.252 e. The molecule has 0 aliphatic carbocycles. The third-order valence-electron chi connectivity index (χ3n) is 2.92. The van der Waals surface area contributed by atoms with E-state index < -0.39 is 10.5 Å². The van der Waals surface area contributed by atoms with Crippen molar-refractivity contribution in [2.75, 3.05) is 13.2 Å². The normalized spacial score (nSPS) is 10.3. The van der Waals surface area contributed by atoms with Crippen LogP contribution in [-0.2, 0) is 0 Å². The summed E-state index contributed by atoms with van der Waals surface area (Å²) in [7, 11) is 0. The van der Waals surface area contributed by atoms with E-state index in [4.69, 9.17) is 55.9 Å². The Morgan fingerprint density at radius 3 is 1.42 bits per heavy atom. The first-order valence-corrected chi connectivity index (χ1v) is 8.14. The zero-order valence-electron chi connectivity index (χ0n) is 12.0. The Labute approximate surface area is 158 Å². The molecule has 0 bridgehead atoms. The summed E-state index contributed by atoms with van der Waals surface area (Å²) in [5, 5.41) is -0.658. The second-order valence-corrected chi connectivity index (χ2v) is 6.04. The third-order valence-corrected chi connectivity index (χ3v) is 3.94. The third kappa shape index (κ3) is 5.02. The van der Waals surface area contributed by atoms with Gasteiger partial charge in [-0.15, -0.1) is 0 Å². The van der Waals surface area contributed by atoms with Crippen molar-refractivity contribution in [3.05, 3.63) is 57.6 Å². The number of hydrogen-bond donors (Lipinski definition) is 0. The van der Waals surface area contributed by atoms with E-state index >= 15 is 0 Å². The summed E-state index contributed by atoms with van der Waals surface area (Å²) in [6.45, 7) is 0.390. The lowest BCUT2D eigenvalue weighted by atomic mass is 10.2. The van der Waals surface area contributed by atoms with Crippen molar-refractivity contribution in [1.82, 2.24) is 0 Å². The van der Waals surface area contributed by atoms with Crippen molar-refractivity contribution in [1.29, 1.82) is 0 Å². The number of carbonyl (C=O) groups is 2. The van der Waals surface area contributed by atoms with Gasteiger partial charge >= 0.3 is 0 Å². The van der Waals surface area contributed by atoms with Gasteiger partial charge in [0.1, 0.15) is 24.7 Å². The molecule has 2 aromatic rings. The van der Waals surface area contributed by atoms with Crippen LogP contribution in [0.25, 0.3) is 0 Å². The van der Waals surface area contributed by atoms with Crippen LogP contribution < -0.4 is 9.47 Å². The number of rotatable bonds is 7. The Morgan fingerprint density at radius 1 is 0.750 bits per heavy atom. The van der Waals surface area contributed by atoms with E-state index in [-0.39, 0.29) is 34.4 Å². The predicted molar refractivity (Wildman–Crippen MR) is 94.3 cm³/mol. The van der Waals surface area contributed by atoms with Gasteiger partial charge in [0, 0.05) is 11.1 Å². The fourth-order valence-electron chi connectivity index (χ4n) is 1.78. The maximum Gasteiger partial charge on any atom is 0.252 e. The van der Waals surface area contributed by atoms with Crippen LogP contribution in [0.1, 0.15) is 20.7 Å². The van der Waals surface area contributed by atoms with Crippen molar-refractivity contribution < 1.29 is 19.1 Å². The summed E-state index contributed by atoms with van der Waals surface area (Å²) in [6.07, 6.45) is 0. The lowest BCUT2D eigenvalue weighted by Gasteiger charge is -2.11. The van der Waals surface area contributed by atoms with Gasteiger partial charge in [-0.25, -0.2) is 0 Å². The van der Waals surface area contributed by atoms with Crippen LogP contribution in [0.3, 0.4) is 0 Å². The standard InChI is InChI=1S/C16H10Cl4O4/c17-11-7-9(15(19)21)1-3-13(11)23-5-6-24-14-4-2-10(16(20)22)8-12(14)18/h1-4,7-8H,5-6H2.